The average Bonchev–Trinajstić information content (AvgIpc) is 3.14. The molecule has 2 N–H and O–H groups in total. The number of aryl methyl sites for hydroxylation is 1. The minimum absolute atomic E-state index is 0.0614. The fraction of sp³-hybridized carbons (Fsp3) is 0.417. The highest BCUT2D eigenvalue weighted by molar-refractivity contribution is 6.00. The van der Waals surface area contributed by atoms with Crippen LogP contribution in [-0.4, -0.2) is 38.0 Å². The average molecular weight is 292 g/mol. The number of carbonyl (C=O) groups is 2. The van der Waals surface area contributed by atoms with Gasteiger partial charge in [0.05, 0.1) is 5.39 Å². The normalized spacial score (nSPS) is 14.3. The maximum atomic E-state index is 12.2. The number of fused-ring (bicyclic) bond motifs is 1. The van der Waals surface area contributed by atoms with Crippen LogP contribution in [0.15, 0.2) is 9.32 Å². The van der Waals surface area contributed by atoms with E-state index in [1.54, 1.807) is 0 Å². The summed E-state index contributed by atoms with van der Waals surface area (Å²) in [6.07, 6.45) is 1.83. The van der Waals surface area contributed by atoms with Gasteiger partial charge >= 0.3 is 5.97 Å². The van der Waals surface area contributed by atoms with Gasteiger partial charge in [0, 0.05) is 6.04 Å². The smallest absolute Gasteiger partial charge is 0.357 e. The largest absolute Gasteiger partial charge is 0.476 e. The Morgan fingerprint density at radius 1 is 1.48 bits per heavy atom. The summed E-state index contributed by atoms with van der Waals surface area (Å²) in [7, 11) is 0. The van der Waals surface area contributed by atoms with E-state index in [0.29, 0.717) is 0 Å². The lowest BCUT2D eigenvalue weighted by molar-refractivity contribution is -0.122. The first kappa shape index (κ1) is 13.3. The third-order valence-corrected chi connectivity index (χ3v) is 3.20. The number of nitrogens with zero attached hydrogens (tertiary/aromatic N) is 3. The van der Waals surface area contributed by atoms with Crippen LogP contribution in [0, 0.1) is 6.92 Å². The summed E-state index contributed by atoms with van der Waals surface area (Å²) in [5, 5.41) is 19.2. The molecule has 1 amide bonds. The Morgan fingerprint density at radius 3 is 2.81 bits per heavy atom. The Bertz CT molecular complexity index is 802. The second kappa shape index (κ2) is 4.69. The number of hydrogen-bond acceptors (Lipinski definition) is 6. The molecule has 2 aromatic heterocycles. The Balaban J connectivity index is 2.05. The van der Waals surface area contributed by atoms with Gasteiger partial charge in [-0.2, -0.15) is 5.10 Å². The van der Waals surface area contributed by atoms with Crippen LogP contribution < -0.4 is 10.9 Å². The Kier molecular flexibility index (Phi) is 2.96. The number of amides is 1. The van der Waals surface area contributed by atoms with Crippen molar-refractivity contribution in [3.8, 4) is 0 Å². The number of rotatable bonds is 4. The molecule has 0 aromatic carbocycles. The van der Waals surface area contributed by atoms with Gasteiger partial charge in [-0.25, -0.2) is 9.48 Å². The zero-order valence-electron chi connectivity index (χ0n) is 11.1. The molecule has 110 valence electrons. The lowest BCUT2D eigenvalue weighted by atomic mass is 10.2. The van der Waals surface area contributed by atoms with Gasteiger partial charge < -0.3 is 14.9 Å². The molecule has 3 rings (SSSR count). The van der Waals surface area contributed by atoms with E-state index in [0.717, 1.165) is 17.5 Å². The van der Waals surface area contributed by atoms with Crippen LogP contribution in [0.4, 0.5) is 0 Å². The first-order chi connectivity index (χ1) is 9.97. The highest BCUT2D eigenvalue weighted by Gasteiger charge is 2.25. The first-order valence-electron chi connectivity index (χ1n) is 6.37. The van der Waals surface area contributed by atoms with Gasteiger partial charge in [-0.15, -0.1) is 0 Å². The van der Waals surface area contributed by atoms with E-state index >= 15 is 0 Å². The van der Waals surface area contributed by atoms with Crippen molar-refractivity contribution in [3.05, 3.63) is 21.8 Å². The SMILES string of the molecule is Cc1onc2c(=O)n(CC(=O)NC3CC3)nc(C(=O)O)c12. The summed E-state index contributed by atoms with van der Waals surface area (Å²) in [5.74, 6) is -1.51. The molecule has 21 heavy (non-hydrogen) atoms. The van der Waals surface area contributed by atoms with Crippen LogP contribution >= 0.6 is 0 Å². The van der Waals surface area contributed by atoms with Crippen molar-refractivity contribution < 1.29 is 19.2 Å². The Labute approximate surface area is 117 Å². The molecular weight excluding hydrogens is 280 g/mol. The highest BCUT2D eigenvalue weighted by atomic mass is 16.5. The molecule has 1 aliphatic rings. The highest BCUT2D eigenvalue weighted by Crippen LogP contribution is 2.19. The number of carboxylic acid groups (broad SMARTS) is 1. The van der Waals surface area contributed by atoms with E-state index in [2.05, 4.69) is 15.6 Å². The number of carboxylic acids is 1. The zero-order valence-corrected chi connectivity index (χ0v) is 11.1. The Hall–Kier alpha value is -2.71. The second-order valence-corrected chi connectivity index (χ2v) is 4.92. The molecular formula is C12H12N4O5. The van der Waals surface area contributed by atoms with Crippen LogP contribution in [0.3, 0.4) is 0 Å². The fourth-order valence-electron chi connectivity index (χ4n) is 2.03. The molecule has 9 heteroatoms. The van der Waals surface area contributed by atoms with Crippen molar-refractivity contribution in [1.82, 2.24) is 20.3 Å². The van der Waals surface area contributed by atoms with E-state index in [1.807, 2.05) is 0 Å². The van der Waals surface area contributed by atoms with Gasteiger partial charge in [0.15, 0.2) is 11.2 Å². The minimum atomic E-state index is -1.32. The predicted octanol–water partition coefficient (Wildman–Crippen LogP) is -0.330. The molecule has 1 aliphatic carbocycles. The first-order valence-corrected chi connectivity index (χ1v) is 6.37. The summed E-state index contributed by atoms with van der Waals surface area (Å²) >= 11 is 0. The summed E-state index contributed by atoms with van der Waals surface area (Å²) in [5.41, 5.74) is -1.15. The molecule has 0 aliphatic heterocycles. The van der Waals surface area contributed by atoms with Crippen LogP contribution in [0.25, 0.3) is 10.9 Å². The number of nitrogens with one attached hydrogen (secondary N) is 1. The molecule has 9 nitrogen and oxygen atoms in total. The quantitative estimate of drug-likeness (QED) is 0.789. The Morgan fingerprint density at radius 2 is 2.19 bits per heavy atom. The van der Waals surface area contributed by atoms with Crippen LogP contribution in [0.5, 0.6) is 0 Å². The van der Waals surface area contributed by atoms with Crippen LogP contribution in [-0.2, 0) is 11.3 Å². The van der Waals surface area contributed by atoms with Crippen molar-refractivity contribution >= 4 is 22.8 Å². The maximum Gasteiger partial charge on any atom is 0.357 e. The summed E-state index contributed by atoms with van der Waals surface area (Å²) < 4.78 is 5.65. The molecule has 0 spiro atoms. The molecule has 0 bridgehead atoms. The van der Waals surface area contributed by atoms with E-state index in [-0.39, 0.29) is 40.9 Å². The standard InChI is InChI=1S/C12H12N4O5/c1-5-8-9(15-21-5)11(18)16(14-10(8)12(19)20)4-7(17)13-6-2-3-6/h6H,2-4H2,1H3,(H,13,17)(H,19,20). The van der Waals surface area contributed by atoms with Gasteiger partial charge in [-0.05, 0) is 19.8 Å². The predicted molar refractivity (Wildman–Crippen MR) is 68.9 cm³/mol. The van der Waals surface area contributed by atoms with E-state index in [4.69, 9.17) is 4.52 Å². The fourth-order valence-corrected chi connectivity index (χ4v) is 2.03. The number of carbonyl (C=O) groups excluding carboxylic acids is 1. The van der Waals surface area contributed by atoms with Crippen molar-refractivity contribution in [2.24, 2.45) is 0 Å². The number of aromatic carboxylic acids is 1. The van der Waals surface area contributed by atoms with Crippen molar-refractivity contribution in [2.45, 2.75) is 32.4 Å². The lowest BCUT2D eigenvalue weighted by Gasteiger charge is -2.06. The molecule has 0 unspecified atom stereocenters. The van der Waals surface area contributed by atoms with Crippen molar-refractivity contribution in [3.63, 3.8) is 0 Å². The molecule has 1 fully saturated rings. The second-order valence-electron chi connectivity index (χ2n) is 4.92. The monoisotopic (exact) mass is 292 g/mol. The van der Waals surface area contributed by atoms with Crippen molar-refractivity contribution in [1.29, 1.82) is 0 Å². The molecule has 2 heterocycles. The lowest BCUT2D eigenvalue weighted by Crippen LogP contribution is -2.35. The third-order valence-electron chi connectivity index (χ3n) is 3.20. The molecule has 1 saturated carbocycles. The topological polar surface area (TPSA) is 127 Å². The summed E-state index contributed by atoms with van der Waals surface area (Å²) in [4.78, 5) is 35.1. The molecule has 2 aromatic rings. The zero-order chi connectivity index (χ0) is 15.1. The van der Waals surface area contributed by atoms with Gasteiger partial charge in [-0.3, -0.25) is 9.59 Å². The number of aromatic nitrogens is 3. The van der Waals surface area contributed by atoms with Gasteiger partial charge in [0.25, 0.3) is 5.56 Å². The summed E-state index contributed by atoms with van der Waals surface area (Å²) in [6.45, 7) is 1.14. The van der Waals surface area contributed by atoms with Crippen molar-refractivity contribution in [2.75, 3.05) is 0 Å². The van der Waals surface area contributed by atoms with Crippen LogP contribution in [0.2, 0.25) is 0 Å². The van der Waals surface area contributed by atoms with E-state index in [9.17, 15) is 19.5 Å². The number of hydrogen-bond donors (Lipinski definition) is 2. The van der Waals surface area contributed by atoms with E-state index in [1.165, 1.54) is 6.92 Å². The van der Waals surface area contributed by atoms with Gasteiger partial charge in [0.1, 0.15) is 12.3 Å². The minimum Gasteiger partial charge on any atom is -0.476 e. The summed E-state index contributed by atoms with van der Waals surface area (Å²) in [6, 6.07) is 0.144. The maximum absolute atomic E-state index is 12.2. The molecule has 0 saturated heterocycles. The third kappa shape index (κ3) is 2.37. The van der Waals surface area contributed by atoms with Crippen LogP contribution in [0.1, 0.15) is 29.1 Å². The van der Waals surface area contributed by atoms with Gasteiger partial charge in [-0.1, -0.05) is 5.16 Å². The van der Waals surface area contributed by atoms with Gasteiger partial charge in [0.2, 0.25) is 5.91 Å². The van der Waals surface area contributed by atoms with E-state index < -0.39 is 11.5 Å². The molecule has 0 radical (unpaired) electrons. The molecule has 0 atom stereocenters.